The molecule has 0 heterocycles. The van der Waals surface area contributed by atoms with Crippen LogP contribution >= 0.6 is 0 Å². The topological polar surface area (TPSA) is 61.5 Å². The van der Waals surface area contributed by atoms with Gasteiger partial charge in [-0.25, -0.2) is 4.79 Å². The lowest BCUT2D eigenvalue weighted by Gasteiger charge is -2.39. The van der Waals surface area contributed by atoms with Crippen molar-refractivity contribution >= 4 is 6.09 Å². The number of hydrogen-bond donors (Lipinski definition) is 1. The fourth-order valence-corrected chi connectivity index (χ4v) is 4.14. The van der Waals surface area contributed by atoms with Crippen LogP contribution in [0.5, 0.6) is 5.75 Å². The Hall–Kier alpha value is -2.49. The van der Waals surface area contributed by atoms with Crippen molar-refractivity contribution < 1.29 is 14.3 Å². The number of carbonyl (C=O) groups excluding carboxylic acids is 1. The van der Waals surface area contributed by atoms with Crippen LogP contribution in [0, 0.1) is 19.3 Å². The predicted molar refractivity (Wildman–Crippen MR) is 113 cm³/mol. The van der Waals surface area contributed by atoms with Crippen molar-refractivity contribution in [2.24, 2.45) is 11.1 Å². The van der Waals surface area contributed by atoms with E-state index in [4.69, 9.17) is 15.2 Å². The zero-order valence-corrected chi connectivity index (χ0v) is 17.8. The highest BCUT2D eigenvalue weighted by Gasteiger charge is 2.38. The van der Waals surface area contributed by atoms with Crippen LogP contribution in [0.1, 0.15) is 62.5 Å². The number of benzene rings is 2. The fraction of sp³-hybridized carbons (Fsp3) is 0.458. The van der Waals surface area contributed by atoms with Crippen LogP contribution < -0.4 is 10.5 Å². The van der Waals surface area contributed by atoms with Crippen molar-refractivity contribution in [3.8, 4) is 16.9 Å². The number of aryl methyl sites for hydroxylation is 3. The fourth-order valence-electron chi connectivity index (χ4n) is 4.14. The summed E-state index contributed by atoms with van der Waals surface area (Å²) in [6, 6.07) is 10.8. The highest BCUT2D eigenvalue weighted by Crippen LogP contribution is 2.46. The van der Waals surface area contributed by atoms with Gasteiger partial charge in [-0.15, -0.1) is 0 Å². The first kappa shape index (κ1) is 20.2. The molecule has 0 bridgehead atoms. The molecular formula is C24H31NO3. The molecule has 4 nitrogen and oxygen atoms in total. The average molecular weight is 382 g/mol. The van der Waals surface area contributed by atoms with Crippen LogP contribution in [-0.2, 0) is 11.2 Å². The van der Waals surface area contributed by atoms with Crippen molar-refractivity contribution in [1.82, 2.24) is 0 Å². The molecule has 28 heavy (non-hydrogen) atoms. The van der Waals surface area contributed by atoms with E-state index >= 15 is 0 Å². The summed E-state index contributed by atoms with van der Waals surface area (Å²) < 4.78 is 11.5. The molecule has 1 aliphatic rings. The molecule has 0 unspecified atom stereocenters. The lowest BCUT2D eigenvalue weighted by atomic mass is 9.71. The molecule has 1 aliphatic carbocycles. The summed E-state index contributed by atoms with van der Waals surface area (Å²) in [5.74, 6) is 0.966. The predicted octanol–water partition coefficient (Wildman–Crippen LogP) is 5.87. The van der Waals surface area contributed by atoms with Gasteiger partial charge in [0.15, 0.2) is 0 Å². The first-order valence-electron chi connectivity index (χ1n) is 9.95. The zero-order valence-electron chi connectivity index (χ0n) is 17.8. The molecule has 0 saturated heterocycles. The number of carbonyl (C=O) groups is 1. The molecule has 0 aromatic heterocycles. The van der Waals surface area contributed by atoms with E-state index in [1.807, 2.05) is 13.8 Å². The Balaban J connectivity index is 1.99. The number of rotatable bonds is 4. The van der Waals surface area contributed by atoms with E-state index in [9.17, 15) is 4.79 Å². The van der Waals surface area contributed by atoms with Crippen molar-refractivity contribution in [1.29, 1.82) is 0 Å². The van der Waals surface area contributed by atoms with Gasteiger partial charge in [0.25, 0.3) is 0 Å². The van der Waals surface area contributed by atoms with Gasteiger partial charge in [-0.3, -0.25) is 0 Å². The van der Waals surface area contributed by atoms with Crippen LogP contribution in [0.3, 0.4) is 0 Å². The second-order valence-electron chi connectivity index (χ2n) is 8.82. The third-order valence-corrected chi connectivity index (χ3v) is 5.56. The first-order valence-corrected chi connectivity index (χ1v) is 9.95. The van der Waals surface area contributed by atoms with Gasteiger partial charge in [0, 0.05) is 5.41 Å². The summed E-state index contributed by atoms with van der Waals surface area (Å²) in [4.78, 5) is 11.4. The van der Waals surface area contributed by atoms with Crippen LogP contribution in [0.15, 0.2) is 30.3 Å². The van der Waals surface area contributed by atoms with E-state index in [2.05, 4.69) is 58.0 Å². The van der Waals surface area contributed by atoms with E-state index < -0.39 is 6.09 Å². The van der Waals surface area contributed by atoms with Gasteiger partial charge in [0.05, 0.1) is 6.10 Å². The Labute approximate surface area is 168 Å². The molecule has 0 spiro atoms. The minimum Gasteiger partial charge on any atom is -0.490 e. The molecule has 1 amide bonds. The van der Waals surface area contributed by atoms with Gasteiger partial charge in [-0.2, -0.15) is 0 Å². The van der Waals surface area contributed by atoms with E-state index in [1.54, 1.807) is 0 Å². The molecule has 1 atom stereocenters. The Kier molecular flexibility index (Phi) is 5.42. The Morgan fingerprint density at radius 1 is 1.11 bits per heavy atom. The summed E-state index contributed by atoms with van der Waals surface area (Å²) in [6.45, 7) is 12.5. The van der Waals surface area contributed by atoms with Crippen molar-refractivity contribution in [3.63, 3.8) is 0 Å². The maximum Gasteiger partial charge on any atom is 0.405 e. The van der Waals surface area contributed by atoms with Crippen LogP contribution in [0.4, 0.5) is 4.79 Å². The number of ether oxygens (including phenoxy) is 2. The quantitative estimate of drug-likeness (QED) is 0.721. The lowest BCUT2D eigenvalue weighted by Crippen LogP contribution is -2.33. The Bertz CT molecular complexity index is 876. The molecule has 0 aliphatic heterocycles. The van der Waals surface area contributed by atoms with Gasteiger partial charge >= 0.3 is 6.09 Å². The normalized spacial score (nSPS) is 17.9. The molecule has 4 heteroatoms. The molecule has 0 saturated carbocycles. The van der Waals surface area contributed by atoms with E-state index in [1.165, 1.54) is 16.7 Å². The second kappa shape index (κ2) is 7.50. The molecule has 150 valence electrons. The first-order chi connectivity index (χ1) is 13.1. The van der Waals surface area contributed by atoms with Gasteiger partial charge in [-0.1, -0.05) is 32.0 Å². The Morgan fingerprint density at radius 3 is 2.32 bits per heavy atom. The van der Waals surface area contributed by atoms with Crippen molar-refractivity contribution in [3.05, 3.63) is 52.6 Å². The molecule has 0 fully saturated rings. The summed E-state index contributed by atoms with van der Waals surface area (Å²) >= 11 is 0. The lowest BCUT2D eigenvalue weighted by molar-refractivity contribution is 0.0147. The van der Waals surface area contributed by atoms with Crippen LogP contribution in [-0.4, -0.2) is 12.2 Å². The smallest absolute Gasteiger partial charge is 0.405 e. The van der Waals surface area contributed by atoms with Crippen molar-refractivity contribution in [2.45, 2.75) is 66.6 Å². The minimum absolute atomic E-state index is 0.132. The maximum absolute atomic E-state index is 11.4. The number of primary amides is 1. The van der Waals surface area contributed by atoms with Crippen LogP contribution in [0.2, 0.25) is 0 Å². The molecule has 2 aromatic rings. The molecule has 0 radical (unpaired) electrons. The number of amides is 1. The molecule has 2 N–H and O–H groups in total. The zero-order chi connectivity index (χ0) is 20.6. The van der Waals surface area contributed by atoms with E-state index in [0.717, 1.165) is 35.3 Å². The summed E-state index contributed by atoms with van der Waals surface area (Å²) in [5, 5.41) is 0. The van der Waals surface area contributed by atoms with Gasteiger partial charge in [0.1, 0.15) is 11.9 Å². The summed E-state index contributed by atoms with van der Waals surface area (Å²) in [7, 11) is 0. The number of hydrogen-bond acceptors (Lipinski definition) is 3. The largest absolute Gasteiger partial charge is 0.490 e. The average Bonchev–Trinajstić information content (AvgIpc) is 2.59. The van der Waals surface area contributed by atoms with Gasteiger partial charge < -0.3 is 15.2 Å². The summed E-state index contributed by atoms with van der Waals surface area (Å²) in [6.07, 6.45) is 1.02. The van der Waals surface area contributed by atoms with Gasteiger partial charge in [-0.05, 0) is 86.1 Å². The third-order valence-electron chi connectivity index (χ3n) is 5.56. The molecule has 3 rings (SSSR count). The molecular weight excluding hydrogens is 350 g/mol. The molecule has 2 aromatic carbocycles. The van der Waals surface area contributed by atoms with Gasteiger partial charge in [0.2, 0.25) is 0 Å². The van der Waals surface area contributed by atoms with Crippen molar-refractivity contribution in [2.75, 3.05) is 0 Å². The standard InChI is InChI=1S/C24H31NO3/c1-14(2)27-21-15(3)11-19(12-16(21)4)17-7-8-20-18(13-17)9-10-24(5,6)22(20)28-23(25)26/h7-8,11-14,22H,9-10H2,1-6H3,(H2,25,26)/t22-/m0/s1. The summed E-state index contributed by atoms with van der Waals surface area (Å²) in [5.41, 5.74) is 12.1. The number of nitrogens with two attached hydrogens (primary N) is 1. The van der Waals surface area contributed by atoms with E-state index in [0.29, 0.717) is 0 Å². The van der Waals surface area contributed by atoms with E-state index in [-0.39, 0.29) is 17.6 Å². The number of fused-ring (bicyclic) bond motifs is 1. The highest BCUT2D eigenvalue weighted by molar-refractivity contribution is 5.69. The third kappa shape index (κ3) is 4.01. The highest BCUT2D eigenvalue weighted by atomic mass is 16.6. The SMILES string of the molecule is Cc1cc(-c2ccc3c(c2)CCC(C)(C)[C@H]3OC(N)=O)cc(C)c1OC(C)C. The van der Waals surface area contributed by atoms with Crippen LogP contribution in [0.25, 0.3) is 11.1 Å². The Morgan fingerprint density at radius 2 is 1.75 bits per heavy atom. The monoisotopic (exact) mass is 381 g/mol. The second-order valence-corrected chi connectivity index (χ2v) is 8.82. The maximum atomic E-state index is 11.4. The minimum atomic E-state index is -0.720.